The molecule has 0 spiro atoms. The molecule has 1 aromatic heterocycles. The van der Waals surface area contributed by atoms with Gasteiger partial charge in [-0.05, 0) is 33.0 Å². The second-order valence-corrected chi connectivity index (χ2v) is 5.93. The Bertz CT molecular complexity index is 644. The number of rotatable bonds is 6. The molecule has 118 valence electrons. The van der Waals surface area contributed by atoms with Crippen molar-refractivity contribution in [3.05, 3.63) is 46.3 Å². The van der Waals surface area contributed by atoms with E-state index in [9.17, 15) is 15.2 Å². The van der Waals surface area contributed by atoms with E-state index in [1.807, 2.05) is 11.9 Å². The van der Waals surface area contributed by atoms with E-state index in [0.29, 0.717) is 24.5 Å². The van der Waals surface area contributed by atoms with E-state index in [0.717, 1.165) is 5.69 Å². The molecule has 1 heterocycles. The summed E-state index contributed by atoms with van der Waals surface area (Å²) in [5.41, 5.74) is 0.669. The number of hydrogen-bond donors (Lipinski definition) is 1. The Morgan fingerprint density at radius 3 is 2.55 bits per heavy atom. The van der Waals surface area contributed by atoms with Gasteiger partial charge in [-0.2, -0.15) is 0 Å². The Kier molecular flexibility index (Phi) is 4.58. The molecule has 0 atom stereocenters. The first kappa shape index (κ1) is 16.1. The van der Waals surface area contributed by atoms with Gasteiger partial charge in [0, 0.05) is 30.8 Å². The van der Waals surface area contributed by atoms with Gasteiger partial charge in [-0.25, -0.2) is 4.98 Å². The maximum absolute atomic E-state index is 10.6. The number of nitrogens with zero attached hydrogens (tertiary/aromatic N) is 3. The second kappa shape index (κ2) is 6.25. The van der Waals surface area contributed by atoms with E-state index in [1.54, 1.807) is 32.2 Å². The van der Waals surface area contributed by atoms with E-state index < -0.39 is 10.5 Å². The molecule has 7 heteroatoms. The number of aromatic nitrogens is 1. The van der Waals surface area contributed by atoms with Gasteiger partial charge in [0.1, 0.15) is 6.26 Å². The summed E-state index contributed by atoms with van der Waals surface area (Å²) in [6.07, 6.45) is 1.55. The molecular formula is C15H19N3O4. The quantitative estimate of drug-likeness (QED) is 0.651. The molecule has 0 fully saturated rings. The molecule has 0 amide bonds. The predicted octanol–water partition coefficient (Wildman–Crippen LogP) is 2.45. The molecule has 0 saturated heterocycles. The zero-order chi connectivity index (χ0) is 16.3. The summed E-state index contributed by atoms with van der Waals surface area (Å²) in [5.74, 6) is 0.418. The lowest BCUT2D eigenvalue weighted by atomic mass is 10.1. The molecule has 1 aromatic carbocycles. The van der Waals surface area contributed by atoms with Crippen LogP contribution in [0.15, 0.2) is 34.9 Å². The molecule has 2 aromatic rings. The number of aliphatic hydroxyl groups is 1. The lowest BCUT2D eigenvalue weighted by Gasteiger charge is -2.24. The second-order valence-electron chi connectivity index (χ2n) is 5.93. The van der Waals surface area contributed by atoms with Crippen molar-refractivity contribution < 1.29 is 14.4 Å². The molecule has 0 aliphatic carbocycles. The van der Waals surface area contributed by atoms with E-state index in [4.69, 9.17) is 4.42 Å². The third-order valence-corrected chi connectivity index (χ3v) is 2.97. The fourth-order valence-corrected chi connectivity index (χ4v) is 2.23. The SMILES string of the molecule is CN(Cc1coc(-c2ccc([N+](=O)[O-])cc2)n1)CC(C)(C)O. The van der Waals surface area contributed by atoms with Crippen LogP contribution in [0.5, 0.6) is 0 Å². The van der Waals surface area contributed by atoms with Crippen LogP contribution in [-0.4, -0.2) is 39.1 Å². The van der Waals surface area contributed by atoms with Gasteiger partial charge in [-0.3, -0.25) is 15.0 Å². The van der Waals surface area contributed by atoms with Gasteiger partial charge in [0.05, 0.1) is 16.2 Å². The fraction of sp³-hybridized carbons (Fsp3) is 0.400. The number of oxazole rings is 1. The summed E-state index contributed by atoms with van der Waals surface area (Å²) in [4.78, 5) is 16.5. The molecule has 0 unspecified atom stereocenters. The summed E-state index contributed by atoms with van der Waals surface area (Å²) in [6, 6.07) is 6.04. The molecule has 0 saturated carbocycles. The van der Waals surface area contributed by atoms with Gasteiger partial charge in [0.2, 0.25) is 5.89 Å². The van der Waals surface area contributed by atoms with Crippen molar-refractivity contribution in [2.45, 2.75) is 26.0 Å². The van der Waals surface area contributed by atoms with Gasteiger partial charge >= 0.3 is 0 Å². The minimum Gasteiger partial charge on any atom is -0.444 e. The molecule has 2 rings (SSSR count). The van der Waals surface area contributed by atoms with Gasteiger partial charge in [-0.1, -0.05) is 0 Å². The average Bonchev–Trinajstić information content (AvgIpc) is 2.85. The molecular weight excluding hydrogens is 286 g/mol. The Balaban J connectivity index is 2.06. The van der Waals surface area contributed by atoms with Crippen LogP contribution in [0, 0.1) is 10.1 Å². The number of nitro groups is 1. The number of non-ortho nitro benzene ring substituents is 1. The van der Waals surface area contributed by atoms with E-state index in [-0.39, 0.29) is 5.69 Å². The van der Waals surface area contributed by atoms with Crippen LogP contribution in [0.3, 0.4) is 0 Å². The fourth-order valence-electron chi connectivity index (χ4n) is 2.23. The summed E-state index contributed by atoms with van der Waals surface area (Å²) in [5, 5.41) is 20.4. The first-order valence-corrected chi connectivity index (χ1v) is 6.85. The highest BCUT2D eigenvalue weighted by Crippen LogP contribution is 2.22. The predicted molar refractivity (Wildman–Crippen MR) is 81.2 cm³/mol. The highest BCUT2D eigenvalue weighted by atomic mass is 16.6. The summed E-state index contributed by atoms with van der Waals surface area (Å²) in [6.45, 7) is 4.54. The van der Waals surface area contributed by atoms with Crippen molar-refractivity contribution in [1.82, 2.24) is 9.88 Å². The van der Waals surface area contributed by atoms with Gasteiger partial charge in [0.15, 0.2) is 0 Å². The van der Waals surface area contributed by atoms with Crippen LogP contribution in [0.25, 0.3) is 11.5 Å². The molecule has 1 N–H and O–H groups in total. The first-order chi connectivity index (χ1) is 10.2. The van der Waals surface area contributed by atoms with Crippen molar-refractivity contribution in [1.29, 1.82) is 0 Å². The topological polar surface area (TPSA) is 92.6 Å². The Morgan fingerprint density at radius 1 is 1.36 bits per heavy atom. The lowest BCUT2D eigenvalue weighted by Crippen LogP contribution is -2.35. The monoisotopic (exact) mass is 305 g/mol. The third-order valence-electron chi connectivity index (χ3n) is 2.97. The van der Waals surface area contributed by atoms with Crippen LogP contribution >= 0.6 is 0 Å². The van der Waals surface area contributed by atoms with Crippen molar-refractivity contribution >= 4 is 5.69 Å². The highest BCUT2D eigenvalue weighted by Gasteiger charge is 2.17. The van der Waals surface area contributed by atoms with Gasteiger partial charge in [-0.15, -0.1) is 0 Å². The molecule has 0 aliphatic heterocycles. The van der Waals surface area contributed by atoms with Crippen molar-refractivity contribution in [3.63, 3.8) is 0 Å². The van der Waals surface area contributed by atoms with Crippen LogP contribution in [0.1, 0.15) is 19.5 Å². The summed E-state index contributed by atoms with van der Waals surface area (Å²) >= 11 is 0. The average molecular weight is 305 g/mol. The third kappa shape index (κ3) is 4.37. The normalized spacial score (nSPS) is 11.9. The van der Waals surface area contributed by atoms with Gasteiger partial charge < -0.3 is 9.52 Å². The zero-order valence-corrected chi connectivity index (χ0v) is 12.8. The zero-order valence-electron chi connectivity index (χ0n) is 12.8. The molecule has 22 heavy (non-hydrogen) atoms. The van der Waals surface area contributed by atoms with Crippen LogP contribution in [0.2, 0.25) is 0 Å². The first-order valence-electron chi connectivity index (χ1n) is 6.85. The molecule has 0 bridgehead atoms. The number of nitro benzene ring substituents is 1. The Morgan fingerprint density at radius 2 is 2.00 bits per heavy atom. The maximum Gasteiger partial charge on any atom is 0.269 e. The highest BCUT2D eigenvalue weighted by molar-refractivity contribution is 5.55. The smallest absolute Gasteiger partial charge is 0.269 e. The number of likely N-dealkylation sites (N-methyl/N-ethyl adjacent to an activating group) is 1. The Labute approximate surface area is 128 Å². The van der Waals surface area contributed by atoms with Crippen LogP contribution in [0.4, 0.5) is 5.69 Å². The summed E-state index contributed by atoms with van der Waals surface area (Å²) < 4.78 is 5.41. The minimum atomic E-state index is -0.778. The largest absolute Gasteiger partial charge is 0.444 e. The van der Waals surface area contributed by atoms with Gasteiger partial charge in [0.25, 0.3) is 5.69 Å². The Hall–Kier alpha value is -2.25. The van der Waals surface area contributed by atoms with E-state index >= 15 is 0 Å². The minimum absolute atomic E-state index is 0.0282. The molecule has 0 aliphatic rings. The van der Waals surface area contributed by atoms with E-state index in [1.165, 1.54) is 12.1 Å². The number of benzene rings is 1. The molecule has 0 radical (unpaired) electrons. The van der Waals surface area contributed by atoms with Crippen LogP contribution in [-0.2, 0) is 6.54 Å². The van der Waals surface area contributed by atoms with Crippen molar-refractivity contribution in [2.75, 3.05) is 13.6 Å². The van der Waals surface area contributed by atoms with E-state index in [2.05, 4.69) is 4.98 Å². The lowest BCUT2D eigenvalue weighted by molar-refractivity contribution is -0.384. The summed E-state index contributed by atoms with van der Waals surface area (Å²) in [7, 11) is 1.89. The standard InChI is InChI=1S/C15H19N3O4/c1-15(2,19)10-17(3)8-12-9-22-14(16-12)11-4-6-13(7-5-11)18(20)21/h4-7,9,19H,8,10H2,1-3H3. The van der Waals surface area contributed by atoms with Crippen LogP contribution < -0.4 is 0 Å². The maximum atomic E-state index is 10.6. The van der Waals surface area contributed by atoms with Crippen molar-refractivity contribution in [2.24, 2.45) is 0 Å². The van der Waals surface area contributed by atoms with Crippen molar-refractivity contribution in [3.8, 4) is 11.5 Å². The molecule has 7 nitrogen and oxygen atoms in total. The number of hydrogen-bond acceptors (Lipinski definition) is 6.